The number of hydrogen-bond donors (Lipinski definition) is 2. The lowest BCUT2D eigenvalue weighted by Crippen LogP contribution is -2.37. The van der Waals surface area contributed by atoms with E-state index >= 15 is 0 Å². The number of benzene rings is 2. The third kappa shape index (κ3) is 7.15. The molecule has 0 saturated carbocycles. The van der Waals surface area contributed by atoms with Crippen LogP contribution in [0.3, 0.4) is 0 Å². The lowest BCUT2D eigenvalue weighted by Gasteiger charge is -2.19. The number of halogens is 2. The van der Waals surface area contributed by atoms with Crippen LogP contribution in [0.4, 0.5) is 10.1 Å². The largest absolute Gasteiger partial charge is 0.493 e. The normalized spacial score (nSPS) is 11.7. The van der Waals surface area contributed by atoms with Gasteiger partial charge in [-0.2, -0.15) is 0 Å². The second-order valence-corrected chi connectivity index (χ2v) is 5.88. The van der Waals surface area contributed by atoms with E-state index in [2.05, 4.69) is 15.6 Å². The SMILES string of the molecule is CN=C(NCC(C)Oc1cccc(F)c1)Nc1cc(OC)c(OC)c(OC)c1.I. The van der Waals surface area contributed by atoms with Gasteiger partial charge in [0.15, 0.2) is 17.5 Å². The van der Waals surface area contributed by atoms with Gasteiger partial charge in [-0.15, -0.1) is 24.0 Å². The van der Waals surface area contributed by atoms with Crippen molar-refractivity contribution in [3.63, 3.8) is 0 Å². The van der Waals surface area contributed by atoms with Gasteiger partial charge in [-0.05, 0) is 19.1 Å². The molecule has 0 saturated heterocycles. The minimum Gasteiger partial charge on any atom is -0.493 e. The van der Waals surface area contributed by atoms with Crippen LogP contribution in [0.1, 0.15) is 6.92 Å². The fourth-order valence-electron chi connectivity index (χ4n) is 2.52. The van der Waals surface area contributed by atoms with Gasteiger partial charge in [-0.1, -0.05) is 6.07 Å². The van der Waals surface area contributed by atoms with Crippen molar-refractivity contribution in [3.8, 4) is 23.0 Å². The summed E-state index contributed by atoms with van der Waals surface area (Å²) in [4.78, 5) is 4.20. The molecule has 160 valence electrons. The molecule has 0 spiro atoms. The summed E-state index contributed by atoms with van der Waals surface area (Å²) in [6.07, 6.45) is -0.208. The van der Waals surface area contributed by atoms with E-state index in [0.717, 1.165) is 0 Å². The molecule has 0 radical (unpaired) electrons. The summed E-state index contributed by atoms with van der Waals surface area (Å²) in [6.45, 7) is 2.34. The van der Waals surface area contributed by atoms with E-state index in [0.29, 0.717) is 41.2 Å². The van der Waals surface area contributed by atoms with Crippen LogP contribution in [0.2, 0.25) is 0 Å². The molecule has 9 heteroatoms. The molecule has 1 atom stereocenters. The van der Waals surface area contributed by atoms with E-state index in [-0.39, 0.29) is 35.9 Å². The van der Waals surface area contributed by atoms with Gasteiger partial charge in [0.2, 0.25) is 5.75 Å². The van der Waals surface area contributed by atoms with E-state index in [1.165, 1.54) is 12.1 Å². The zero-order valence-electron chi connectivity index (χ0n) is 17.1. The van der Waals surface area contributed by atoms with Crippen LogP contribution in [-0.4, -0.2) is 47.0 Å². The van der Waals surface area contributed by atoms with E-state index in [1.54, 1.807) is 52.6 Å². The molecule has 0 heterocycles. The summed E-state index contributed by atoms with van der Waals surface area (Å²) >= 11 is 0. The first-order chi connectivity index (χ1) is 13.5. The predicted molar refractivity (Wildman–Crippen MR) is 123 cm³/mol. The molecule has 0 aliphatic heterocycles. The minimum atomic E-state index is -0.336. The first-order valence-corrected chi connectivity index (χ1v) is 8.70. The monoisotopic (exact) mass is 519 g/mol. The lowest BCUT2D eigenvalue weighted by atomic mass is 10.2. The zero-order chi connectivity index (χ0) is 20.5. The molecule has 7 nitrogen and oxygen atoms in total. The van der Waals surface area contributed by atoms with Crippen LogP contribution in [-0.2, 0) is 0 Å². The molecule has 2 N–H and O–H groups in total. The number of nitrogens with one attached hydrogen (secondary N) is 2. The van der Waals surface area contributed by atoms with Gasteiger partial charge in [-0.3, -0.25) is 4.99 Å². The molecule has 0 amide bonds. The zero-order valence-corrected chi connectivity index (χ0v) is 19.4. The van der Waals surface area contributed by atoms with Crippen LogP contribution >= 0.6 is 24.0 Å². The van der Waals surface area contributed by atoms with Gasteiger partial charge in [0.25, 0.3) is 0 Å². The average Bonchev–Trinajstić information content (AvgIpc) is 2.70. The molecule has 0 bridgehead atoms. The topological polar surface area (TPSA) is 73.3 Å². The lowest BCUT2D eigenvalue weighted by molar-refractivity contribution is 0.223. The van der Waals surface area contributed by atoms with Crippen molar-refractivity contribution in [2.45, 2.75) is 13.0 Å². The molecular weight excluding hydrogens is 492 g/mol. The second kappa shape index (κ2) is 12.2. The third-order valence-electron chi connectivity index (χ3n) is 3.84. The fraction of sp³-hybridized carbons (Fsp3) is 0.350. The van der Waals surface area contributed by atoms with Gasteiger partial charge in [0.05, 0.1) is 27.9 Å². The first-order valence-electron chi connectivity index (χ1n) is 8.70. The highest BCUT2D eigenvalue weighted by molar-refractivity contribution is 14.0. The highest BCUT2D eigenvalue weighted by Gasteiger charge is 2.14. The maximum absolute atomic E-state index is 13.3. The van der Waals surface area contributed by atoms with E-state index in [9.17, 15) is 4.39 Å². The Labute approximate surface area is 187 Å². The second-order valence-electron chi connectivity index (χ2n) is 5.88. The molecule has 1 unspecified atom stereocenters. The first kappa shape index (κ1) is 24.6. The van der Waals surface area contributed by atoms with Crippen LogP contribution in [0.5, 0.6) is 23.0 Å². The summed E-state index contributed by atoms with van der Waals surface area (Å²) in [5.74, 6) is 2.24. The molecule has 0 aliphatic carbocycles. The van der Waals surface area contributed by atoms with Gasteiger partial charge >= 0.3 is 0 Å². The minimum absolute atomic E-state index is 0. The van der Waals surface area contributed by atoms with Crippen LogP contribution in [0.25, 0.3) is 0 Å². The Morgan fingerprint density at radius 2 is 1.72 bits per heavy atom. The number of aliphatic imine (C=N–C) groups is 1. The van der Waals surface area contributed by atoms with Gasteiger partial charge in [-0.25, -0.2) is 4.39 Å². The number of methoxy groups -OCH3 is 3. The van der Waals surface area contributed by atoms with Gasteiger partial charge < -0.3 is 29.6 Å². The van der Waals surface area contributed by atoms with E-state index in [4.69, 9.17) is 18.9 Å². The van der Waals surface area contributed by atoms with Crippen LogP contribution < -0.4 is 29.6 Å². The van der Waals surface area contributed by atoms with Crippen molar-refractivity contribution in [3.05, 3.63) is 42.2 Å². The van der Waals surface area contributed by atoms with Crippen molar-refractivity contribution in [1.82, 2.24) is 5.32 Å². The van der Waals surface area contributed by atoms with E-state index in [1.807, 2.05) is 6.92 Å². The number of ether oxygens (including phenoxy) is 4. The highest BCUT2D eigenvalue weighted by Crippen LogP contribution is 2.39. The van der Waals surface area contributed by atoms with Crippen molar-refractivity contribution in [2.75, 3.05) is 40.2 Å². The summed E-state index contributed by atoms with van der Waals surface area (Å²) in [7, 11) is 6.32. The Hall–Kier alpha value is -2.43. The Morgan fingerprint density at radius 1 is 1.07 bits per heavy atom. The summed E-state index contributed by atoms with van der Waals surface area (Å²) in [5, 5.41) is 6.33. The molecule has 0 fully saturated rings. The predicted octanol–water partition coefficient (Wildman–Crippen LogP) is 3.92. The average molecular weight is 519 g/mol. The summed E-state index contributed by atoms with van der Waals surface area (Å²) in [5.41, 5.74) is 0.710. The maximum atomic E-state index is 13.3. The Bertz CT molecular complexity index is 795. The highest BCUT2D eigenvalue weighted by atomic mass is 127. The number of nitrogens with zero attached hydrogens (tertiary/aromatic N) is 1. The third-order valence-corrected chi connectivity index (χ3v) is 3.84. The Kier molecular flexibility index (Phi) is 10.4. The Balaban J connectivity index is 0.00000420. The maximum Gasteiger partial charge on any atom is 0.203 e. The van der Waals surface area contributed by atoms with Crippen molar-refractivity contribution in [2.24, 2.45) is 4.99 Å². The molecule has 2 aromatic carbocycles. The van der Waals surface area contributed by atoms with Gasteiger partial charge in [0.1, 0.15) is 17.7 Å². The number of hydrogen-bond acceptors (Lipinski definition) is 5. The quantitative estimate of drug-likeness (QED) is 0.313. The molecule has 0 aromatic heterocycles. The van der Waals surface area contributed by atoms with Gasteiger partial charge in [0, 0.05) is 30.9 Å². The number of guanidine groups is 1. The summed E-state index contributed by atoms with van der Waals surface area (Å²) < 4.78 is 35.0. The standard InChI is InChI=1S/C20H26FN3O4.HI/c1-13(28-16-8-6-7-14(21)9-16)12-23-20(22-2)24-15-10-17(25-3)19(27-5)18(11-15)26-4;/h6-11,13H,12H2,1-5H3,(H2,22,23,24);1H. The van der Waals surface area contributed by atoms with Crippen molar-refractivity contribution >= 4 is 35.6 Å². The van der Waals surface area contributed by atoms with Crippen LogP contribution in [0, 0.1) is 5.82 Å². The number of rotatable bonds is 8. The number of anilines is 1. The smallest absolute Gasteiger partial charge is 0.203 e. The molecule has 0 aliphatic rings. The molecule has 29 heavy (non-hydrogen) atoms. The Morgan fingerprint density at radius 3 is 2.24 bits per heavy atom. The van der Waals surface area contributed by atoms with E-state index < -0.39 is 0 Å². The summed E-state index contributed by atoms with van der Waals surface area (Å²) in [6, 6.07) is 9.60. The molecule has 2 aromatic rings. The van der Waals surface area contributed by atoms with Crippen molar-refractivity contribution < 1.29 is 23.3 Å². The van der Waals surface area contributed by atoms with Crippen molar-refractivity contribution in [1.29, 1.82) is 0 Å². The molecular formula is C20H27FIN3O4. The molecule has 2 rings (SSSR count). The van der Waals surface area contributed by atoms with Crippen LogP contribution in [0.15, 0.2) is 41.4 Å². The fourth-order valence-corrected chi connectivity index (χ4v) is 2.52.